The third kappa shape index (κ3) is 2.90. The van der Waals surface area contributed by atoms with Crippen LogP contribution < -0.4 is 0 Å². The van der Waals surface area contributed by atoms with Crippen LogP contribution >= 0.6 is 0 Å². The van der Waals surface area contributed by atoms with Gasteiger partial charge in [-0.1, -0.05) is 27.7 Å². The smallest absolute Gasteiger partial charge is 0.371 e. The lowest BCUT2D eigenvalue weighted by atomic mass is 10.3. The molecular formula is C12H28N2O2Si. The van der Waals surface area contributed by atoms with E-state index in [2.05, 4.69) is 50.7 Å². The van der Waals surface area contributed by atoms with Crippen LogP contribution in [0, 0.1) is 0 Å². The van der Waals surface area contributed by atoms with Crippen LogP contribution in [0.15, 0.2) is 0 Å². The molecule has 1 fully saturated rings. The molecule has 17 heavy (non-hydrogen) atoms. The van der Waals surface area contributed by atoms with Gasteiger partial charge in [-0.3, -0.25) is 9.13 Å². The molecule has 0 radical (unpaired) electrons. The minimum Gasteiger partial charge on any atom is -0.371 e. The molecule has 0 aromatic carbocycles. The van der Waals surface area contributed by atoms with Gasteiger partial charge in [0.1, 0.15) is 0 Å². The predicted molar refractivity (Wildman–Crippen MR) is 72.7 cm³/mol. The number of rotatable bonds is 6. The molecular weight excluding hydrogens is 232 g/mol. The van der Waals surface area contributed by atoms with Crippen LogP contribution in [0.1, 0.15) is 41.5 Å². The Balaban J connectivity index is 3.01. The first-order valence-corrected chi connectivity index (χ1v) is 8.52. The largest absolute Gasteiger partial charge is 0.523 e. The average molecular weight is 260 g/mol. The highest BCUT2D eigenvalue weighted by molar-refractivity contribution is 6.62. The molecule has 5 heteroatoms. The second-order valence-corrected chi connectivity index (χ2v) is 7.81. The molecule has 102 valence electrons. The molecule has 4 nitrogen and oxygen atoms in total. The molecule has 0 saturated carbocycles. The molecule has 0 amide bonds. The van der Waals surface area contributed by atoms with E-state index in [0.29, 0.717) is 12.1 Å². The molecule has 1 aliphatic rings. The fraction of sp³-hybridized carbons (Fsp3) is 1.00. The van der Waals surface area contributed by atoms with E-state index >= 15 is 0 Å². The van der Waals surface area contributed by atoms with Gasteiger partial charge in [0.25, 0.3) is 0 Å². The lowest BCUT2D eigenvalue weighted by molar-refractivity contribution is 0.0807. The lowest BCUT2D eigenvalue weighted by Crippen LogP contribution is -2.67. The van der Waals surface area contributed by atoms with Gasteiger partial charge in [-0.2, -0.15) is 0 Å². The Morgan fingerprint density at radius 1 is 0.882 bits per heavy atom. The first-order valence-electron chi connectivity index (χ1n) is 6.81. The van der Waals surface area contributed by atoms with Crippen molar-refractivity contribution in [2.75, 3.05) is 26.3 Å². The maximum absolute atomic E-state index is 6.15. The predicted octanol–water partition coefficient (Wildman–Crippen LogP) is 1.93. The third-order valence-corrected chi connectivity index (χ3v) is 7.48. The number of hydrogen-bond donors (Lipinski definition) is 0. The van der Waals surface area contributed by atoms with Crippen LogP contribution in [0.2, 0.25) is 0 Å². The molecule has 0 aromatic heterocycles. The van der Waals surface area contributed by atoms with E-state index in [9.17, 15) is 0 Å². The second-order valence-electron chi connectivity index (χ2n) is 4.99. The zero-order valence-corrected chi connectivity index (χ0v) is 13.2. The quantitative estimate of drug-likeness (QED) is 0.681. The van der Waals surface area contributed by atoms with E-state index < -0.39 is 8.88 Å². The van der Waals surface area contributed by atoms with Crippen molar-refractivity contribution in [2.45, 2.75) is 53.6 Å². The summed E-state index contributed by atoms with van der Waals surface area (Å²) in [6.07, 6.45) is 0. The molecule has 0 bridgehead atoms. The van der Waals surface area contributed by atoms with Gasteiger partial charge in [0, 0.05) is 38.4 Å². The van der Waals surface area contributed by atoms with Gasteiger partial charge in [-0.25, -0.2) is 0 Å². The molecule has 0 unspecified atom stereocenters. The van der Waals surface area contributed by atoms with Crippen LogP contribution in [-0.4, -0.2) is 56.4 Å². The maximum atomic E-state index is 6.15. The summed E-state index contributed by atoms with van der Waals surface area (Å²) in [4.78, 5) is 0. The highest BCUT2D eigenvalue weighted by Crippen LogP contribution is 2.29. The number of nitrogens with zero attached hydrogens (tertiary/aromatic N) is 2. The van der Waals surface area contributed by atoms with Crippen LogP contribution in [0.3, 0.4) is 0 Å². The van der Waals surface area contributed by atoms with Gasteiger partial charge < -0.3 is 8.85 Å². The summed E-state index contributed by atoms with van der Waals surface area (Å²) < 4.78 is 17.2. The average Bonchev–Trinajstić information content (AvgIpc) is 2.58. The third-order valence-electron chi connectivity index (χ3n) is 3.22. The van der Waals surface area contributed by atoms with Crippen molar-refractivity contribution in [3.63, 3.8) is 0 Å². The van der Waals surface area contributed by atoms with Crippen LogP contribution in [0.4, 0.5) is 0 Å². The molecule has 1 aliphatic heterocycles. The summed E-state index contributed by atoms with van der Waals surface area (Å²) in [5.41, 5.74) is 0. The van der Waals surface area contributed by atoms with Crippen molar-refractivity contribution in [3.05, 3.63) is 0 Å². The fourth-order valence-corrected chi connectivity index (χ4v) is 6.48. The summed E-state index contributed by atoms with van der Waals surface area (Å²) in [5, 5.41) is 0. The minimum absolute atomic E-state index is 0.475. The zero-order chi connectivity index (χ0) is 13.1. The summed E-state index contributed by atoms with van der Waals surface area (Å²) in [6.45, 7) is 16.6. The Hall–Kier alpha value is 0.0569. The van der Waals surface area contributed by atoms with Gasteiger partial charge >= 0.3 is 8.88 Å². The van der Waals surface area contributed by atoms with E-state index in [-0.39, 0.29) is 0 Å². The molecule has 0 spiro atoms. The maximum Gasteiger partial charge on any atom is 0.523 e. The second kappa shape index (κ2) is 6.29. The molecule has 1 rings (SSSR count). The standard InChI is InChI=1S/C12H28N2O2Si/c1-7-15-17(16-8-2)13(11(3)4)9-10-14(17)12(5)6/h11-12H,7-10H2,1-6H3. The molecule has 0 atom stereocenters. The van der Waals surface area contributed by atoms with E-state index in [1.165, 1.54) is 0 Å². The molecule has 0 aromatic rings. The zero-order valence-electron chi connectivity index (χ0n) is 12.2. The normalized spacial score (nSPS) is 21.9. The van der Waals surface area contributed by atoms with Crippen molar-refractivity contribution in [3.8, 4) is 0 Å². The molecule has 1 saturated heterocycles. The van der Waals surface area contributed by atoms with Gasteiger partial charge in [0.2, 0.25) is 0 Å². The van der Waals surface area contributed by atoms with Crippen LogP contribution in [0.25, 0.3) is 0 Å². The Morgan fingerprint density at radius 2 is 1.24 bits per heavy atom. The Morgan fingerprint density at radius 3 is 1.47 bits per heavy atom. The van der Waals surface area contributed by atoms with Crippen molar-refractivity contribution < 1.29 is 8.85 Å². The van der Waals surface area contributed by atoms with Gasteiger partial charge in [-0.05, 0) is 13.8 Å². The topological polar surface area (TPSA) is 24.9 Å². The highest BCUT2D eigenvalue weighted by Gasteiger charge is 2.57. The highest BCUT2D eigenvalue weighted by atomic mass is 28.4. The SMILES string of the molecule is CCO[Si]1(OCC)N(C(C)C)CCN1C(C)C. The van der Waals surface area contributed by atoms with Crippen molar-refractivity contribution in [2.24, 2.45) is 0 Å². The van der Waals surface area contributed by atoms with Crippen LogP contribution in [0.5, 0.6) is 0 Å². The first kappa shape index (κ1) is 15.1. The van der Waals surface area contributed by atoms with Gasteiger partial charge in [0.15, 0.2) is 0 Å². The van der Waals surface area contributed by atoms with Crippen LogP contribution in [-0.2, 0) is 8.85 Å². The number of hydrogen-bond acceptors (Lipinski definition) is 4. The summed E-state index contributed by atoms with van der Waals surface area (Å²) in [6, 6.07) is 0.951. The van der Waals surface area contributed by atoms with Gasteiger partial charge in [-0.15, -0.1) is 0 Å². The van der Waals surface area contributed by atoms with Crippen molar-refractivity contribution >= 4 is 8.88 Å². The van der Waals surface area contributed by atoms with Crippen molar-refractivity contribution in [1.29, 1.82) is 0 Å². The van der Waals surface area contributed by atoms with Crippen molar-refractivity contribution in [1.82, 2.24) is 9.13 Å². The Labute approximate surface area is 107 Å². The first-order chi connectivity index (χ1) is 7.99. The fourth-order valence-electron chi connectivity index (χ4n) is 2.58. The summed E-state index contributed by atoms with van der Waals surface area (Å²) >= 11 is 0. The van der Waals surface area contributed by atoms with E-state index in [4.69, 9.17) is 8.85 Å². The van der Waals surface area contributed by atoms with Gasteiger partial charge in [0.05, 0.1) is 0 Å². The minimum atomic E-state index is -2.35. The lowest BCUT2D eigenvalue weighted by Gasteiger charge is -2.41. The van der Waals surface area contributed by atoms with E-state index in [1.54, 1.807) is 0 Å². The summed E-state index contributed by atoms with van der Waals surface area (Å²) in [5.74, 6) is 0. The molecule has 0 N–H and O–H groups in total. The summed E-state index contributed by atoms with van der Waals surface area (Å²) in [7, 11) is -2.35. The molecule has 1 heterocycles. The van der Waals surface area contributed by atoms with E-state index in [1.807, 2.05) is 0 Å². The molecule has 0 aliphatic carbocycles. The monoisotopic (exact) mass is 260 g/mol. The Kier molecular flexibility index (Phi) is 5.59. The van der Waals surface area contributed by atoms with E-state index in [0.717, 1.165) is 26.3 Å². The Bertz CT molecular complexity index is 213.